The van der Waals surface area contributed by atoms with Crippen LogP contribution in [0.25, 0.3) is 10.1 Å². The number of carbonyl (C=O) groups is 1. The van der Waals surface area contributed by atoms with Crippen LogP contribution in [0, 0.1) is 0 Å². The lowest BCUT2D eigenvalue weighted by atomic mass is 10.2. The standard InChI is InChI=1S/C18H18N4OS/c23-18(21-17-6-1-2-7-20-17)16-12-13-14(4-3-5-15(13)24-16)22-10-8-19-9-11-22/h1-7,12,19H,8-11H2,(H,20,21,23). The summed E-state index contributed by atoms with van der Waals surface area (Å²) < 4.78 is 1.14. The van der Waals surface area contributed by atoms with Crippen molar-refractivity contribution in [2.45, 2.75) is 0 Å². The van der Waals surface area contributed by atoms with Crippen molar-refractivity contribution in [2.75, 3.05) is 36.4 Å². The minimum atomic E-state index is -0.110. The van der Waals surface area contributed by atoms with Gasteiger partial charge in [0.15, 0.2) is 0 Å². The SMILES string of the molecule is O=C(Nc1ccccn1)c1cc2c(N3CCNCC3)cccc2s1. The number of piperazine rings is 1. The molecule has 1 aliphatic heterocycles. The molecule has 1 aromatic carbocycles. The zero-order valence-corrected chi connectivity index (χ0v) is 14.0. The van der Waals surface area contributed by atoms with E-state index < -0.39 is 0 Å². The van der Waals surface area contributed by atoms with E-state index >= 15 is 0 Å². The van der Waals surface area contributed by atoms with Crippen LogP contribution in [0.4, 0.5) is 11.5 Å². The van der Waals surface area contributed by atoms with Gasteiger partial charge in [0.05, 0.1) is 4.88 Å². The summed E-state index contributed by atoms with van der Waals surface area (Å²) in [6, 6.07) is 13.7. The summed E-state index contributed by atoms with van der Waals surface area (Å²) >= 11 is 1.52. The van der Waals surface area contributed by atoms with Crippen LogP contribution in [-0.2, 0) is 0 Å². The fraction of sp³-hybridized carbons (Fsp3) is 0.222. The molecule has 0 aliphatic carbocycles. The minimum Gasteiger partial charge on any atom is -0.368 e. The first kappa shape index (κ1) is 15.1. The van der Waals surface area contributed by atoms with Gasteiger partial charge in [0.2, 0.25) is 0 Å². The summed E-state index contributed by atoms with van der Waals surface area (Å²) in [7, 11) is 0. The third-order valence-corrected chi connectivity index (χ3v) is 5.23. The summed E-state index contributed by atoms with van der Waals surface area (Å²) in [6.07, 6.45) is 1.67. The lowest BCUT2D eigenvalue weighted by Crippen LogP contribution is -2.43. The highest BCUT2D eigenvalue weighted by atomic mass is 32.1. The molecule has 3 aromatic rings. The number of carbonyl (C=O) groups excluding carboxylic acids is 1. The van der Waals surface area contributed by atoms with Gasteiger partial charge in [0.25, 0.3) is 5.91 Å². The summed E-state index contributed by atoms with van der Waals surface area (Å²) in [6.45, 7) is 3.97. The smallest absolute Gasteiger partial charge is 0.266 e. The van der Waals surface area contributed by atoms with Crippen LogP contribution in [0.1, 0.15) is 9.67 Å². The Hall–Kier alpha value is -2.44. The molecule has 1 fully saturated rings. The predicted molar refractivity (Wildman–Crippen MR) is 99.1 cm³/mol. The average molecular weight is 338 g/mol. The van der Waals surface area contributed by atoms with Crippen LogP contribution in [-0.4, -0.2) is 37.1 Å². The molecule has 4 rings (SSSR count). The first-order valence-electron chi connectivity index (χ1n) is 8.02. The Morgan fingerprint density at radius 3 is 2.83 bits per heavy atom. The molecule has 0 radical (unpaired) electrons. The topological polar surface area (TPSA) is 57.3 Å². The van der Waals surface area contributed by atoms with Gasteiger partial charge in [-0.25, -0.2) is 4.98 Å². The van der Waals surface area contributed by atoms with Gasteiger partial charge in [0, 0.05) is 48.1 Å². The zero-order chi connectivity index (χ0) is 16.4. The zero-order valence-electron chi connectivity index (χ0n) is 13.2. The molecule has 1 saturated heterocycles. The second kappa shape index (κ2) is 6.59. The van der Waals surface area contributed by atoms with E-state index in [2.05, 4.69) is 38.7 Å². The number of nitrogens with zero attached hydrogens (tertiary/aromatic N) is 2. The molecule has 0 unspecified atom stereocenters. The number of fused-ring (bicyclic) bond motifs is 1. The molecule has 0 spiro atoms. The van der Waals surface area contributed by atoms with Gasteiger partial charge in [-0.2, -0.15) is 0 Å². The van der Waals surface area contributed by atoms with Crippen molar-refractivity contribution in [3.05, 3.63) is 53.5 Å². The molecule has 1 amide bonds. The second-order valence-corrected chi connectivity index (χ2v) is 6.79. The number of amides is 1. The number of pyridine rings is 1. The largest absolute Gasteiger partial charge is 0.368 e. The Bertz CT molecular complexity index is 856. The van der Waals surface area contributed by atoms with Gasteiger partial charge in [-0.15, -0.1) is 11.3 Å². The number of aromatic nitrogens is 1. The molecule has 2 aromatic heterocycles. The Kier molecular flexibility index (Phi) is 4.15. The van der Waals surface area contributed by atoms with Crippen LogP contribution < -0.4 is 15.5 Å². The molecule has 0 atom stereocenters. The molecule has 0 saturated carbocycles. The summed E-state index contributed by atoms with van der Waals surface area (Å²) in [4.78, 5) is 19.7. The van der Waals surface area contributed by atoms with Crippen molar-refractivity contribution in [3.63, 3.8) is 0 Å². The number of thiophene rings is 1. The van der Waals surface area contributed by atoms with E-state index in [0.29, 0.717) is 10.7 Å². The summed E-state index contributed by atoms with van der Waals surface area (Å²) in [5.41, 5.74) is 1.21. The van der Waals surface area contributed by atoms with Crippen LogP contribution in [0.2, 0.25) is 0 Å². The van der Waals surface area contributed by atoms with E-state index in [-0.39, 0.29) is 5.91 Å². The van der Waals surface area contributed by atoms with Crippen molar-refractivity contribution in [1.82, 2.24) is 10.3 Å². The Morgan fingerprint density at radius 2 is 2.04 bits per heavy atom. The molecule has 6 heteroatoms. The molecular weight excluding hydrogens is 320 g/mol. The quantitative estimate of drug-likeness (QED) is 0.771. The van der Waals surface area contributed by atoms with Crippen LogP contribution in [0.5, 0.6) is 0 Å². The normalized spacial score (nSPS) is 14.8. The third-order valence-electron chi connectivity index (χ3n) is 4.13. The minimum absolute atomic E-state index is 0.110. The van der Waals surface area contributed by atoms with Crippen molar-refractivity contribution in [3.8, 4) is 0 Å². The van der Waals surface area contributed by atoms with Gasteiger partial charge >= 0.3 is 0 Å². The van der Waals surface area contributed by atoms with E-state index in [0.717, 1.165) is 36.3 Å². The Morgan fingerprint density at radius 1 is 1.17 bits per heavy atom. The molecule has 2 N–H and O–H groups in total. The number of nitrogens with one attached hydrogen (secondary N) is 2. The fourth-order valence-corrected chi connectivity index (χ4v) is 3.93. The van der Waals surface area contributed by atoms with Gasteiger partial charge in [0.1, 0.15) is 5.82 Å². The van der Waals surface area contributed by atoms with E-state index in [9.17, 15) is 4.79 Å². The molecule has 0 bridgehead atoms. The highest BCUT2D eigenvalue weighted by Crippen LogP contribution is 2.33. The lowest BCUT2D eigenvalue weighted by molar-refractivity contribution is 0.103. The number of hydrogen-bond donors (Lipinski definition) is 2. The fourth-order valence-electron chi connectivity index (χ4n) is 2.95. The first-order chi connectivity index (χ1) is 11.8. The van der Waals surface area contributed by atoms with Crippen molar-refractivity contribution < 1.29 is 4.79 Å². The van der Waals surface area contributed by atoms with Crippen molar-refractivity contribution in [1.29, 1.82) is 0 Å². The highest BCUT2D eigenvalue weighted by molar-refractivity contribution is 7.21. The van der Waals surface area contributed by atoms with Gasteiger partial charge in [-0.3, -0.25) is 4.79 Å². The monoisotopic (exact) mass is 338 g/mol. The number of benzene rings is 1. The molecule has 122 valence electrons. The third kappa shape index (κ3) is 2.98. The molecule has 1 aliphatic rings. The van der Waals surface area contributed by atoms with E-state index in [4.69, 9.17) is 0 Å². The Balaban J connectivity index is 1.64. The van der Waals surface area contributed by atoms with Crippen LogP contribution >= 0.6 is 11.3 Å². The van der Waals surface area contributed by atoms with Crippen LogP contribution in [0.15, 0.2) is 48.7 Å². The summed E-state index contributed by atoms with van der Waals surface area (Å²) in [5.74, 6) is 0.462. The van der Waals surface area contributed by atoms with Gasteiger partial charge in [-0.1, -0.05) is 12.1 Å². The summed E-state index contributed by atoms with van der Waals surface area (Å²) in [5, 5.41) is 7.38. The molecule has 5 nitrogen and oxygen atoms in total. The first-order valence-corrected chi connectivity index (χ1v) is 8.83. The maximum atomic E-state index is 12.5. The van der Waals surface area contributed by atoms with Crippen molar-refractivity contribution in [2.24, 2.45) is 0 Å². The lowest BCUT2D eigenvalue weighted by Gasteiger charge is -2.30. The van der Waals surface area contributed by atoms with Crippen molar-refractivity contribution >= 4 is 38.8 Å². The molecule has 24 heavy (non-hydrogen) atoms. The number of rotatable bonds is 3. The van der Waals surface area contributed by atoms with E-state index in [1.54, 1.807) is 12.3 Å². The Labute approximate surface area is 144 Å². The molecule has 3 heterocycles. The number of anilines is 2. The molecular formula is C18H18N4OS. The predicted octanol–water partition coefficient (Wildman–Crippen LogP) is 2.96. The van der Waals surface area contributed by atoms with Crippen LogP contribution in [0.3, 0.4) is 0 Å². The maximum Gasteiger partial charge on any atom is 0.266 e. The highest BCUT2D eigenvalue weighted by Gasteiger charge is 2.17. The maximum absolute atomic E-state index is 12.5. The van der Waals surface area contributed by atoms with Gasteiger partial charge in [-0.05, 0) is 30.3 Å². The average Bonchev–Trinajstić information content (AvgIpc) is 3.08. The van der Waals surface area contributed by atoms with E-state index in [1.807, 2.05) is 18.2 Å². The van der Waals surface area contributed by atoms with E-state index in [1.165, 1.54) is 17.0 Å². The van der Waals surface area contributed by atoms with Gasteiger partial charge < -0.3 is 15.5 Å². The number of hydrogen-bond acceptors (Lipinski definition) is 5. The second-order valence-electron chi connectivity index (χ2n) is 5.71.